The SMILES string of the molecule is CCCc1ncc(-c2onc(C)c2C)c([C@H]2CCCN2C(=O)CC2CCCCC2)n1. The molecule has 0 bridgehead atoms. The lowest BCUT2D eigenvalue weighted by Crippen LogP contribution is -2.33. The number of likely N-dealkylation sites (tertiary alicyclic amines) is 1. The third kappa shape index (κ3) is 4.28. The molecular formula is C24H34N4O2. The zero-order valence-electron chi connectivity index (χ0n) is 18.6. The average molecular weight is 411 g/mol. The molecule has 1 saturated heterocycles. The summed E-state index contributed by atoms with van der Waals surface area (Å²) in [5, 5.41) is 4.14. The zero-order valence-corrected chi connectivity index (χ0v) is 18.6. The highest BCUT2D eigenvalue weighted by atomic mass is 16.5. The van der Waals surface area contributed by atoms with Crippen molar-refractivity contribution in [1.29, 1.82) is 0 Å². The first-order chi connectivity index (χ1) is 14.6. The summed E-state index contributed by atoms with van der Waals surface area (Å²) in [7, 11) is 0. The van der Waals surface area contributed by atoms with E-state index < -0.39 is 0 Å². The molecule has 2 aromatic rings. The highest BCUT2D eigenvalue weighted by Gasteiger charge is 2.35. The van der Waals surface area contributed by atoms with Crippen molar-refractivity contribution in [3.8, 4) is 11.3 Å². The molecule has 1 saturated carbocycles. The first-order valence-electron chi connectivity index (χ1n) is 11.7. The van der Waals surface area contributed by atoms with Gasteiger partial charge in [-0.1, -0.05) is 31.3 Å². The van der Waals surface area contributed by atoms with Crippen LogP contribution in [0.25, 0.3) is 11.3 Å². The Hall–Kier alpha value is -2.24. The van der Waals surface area contributed by atoms with E-state index in [9.17, 15) is 4.79 Å². The van der Waals surface area contributed by atoms with Gasteiger partial charge in [-0.15, -0.1) is 0 Å². The van der Waals surface area contributed by atoms with Crippen molar-refractivity contribution in [1.82, 2.24) is 20.0 Å². The van der Waals surface area contributed by atoms with E-state index in [4.69, 9.17) is 9.51 Å². The van der Waals surface area contributed by atoms with Crippen molar-refractivity contribution in [3.05, 3.63) is 29.0 Å². The predicted molar refractivity (Wildman–Crippen MR) is 116 cm³/mol. The molecular weight excluding hydrogens is 376 g/mol. The van der Waals surface area contributed by atoms with Crippen LogP contribution in [0.2, 0.25) is 0 Å². The van der Waals surface area contributed by atoms with Gasteiger partial charge in [0.1, 0.15) is 5.82 Å². The summed E-state index contributed by atoms with van der Waals surface area (Å²) in [6.07, 6.45) is 12.6. The number of hydrogen-bond acceptors (Lipinski definition) is 5. The van der Waals surface area contributed by atoms with Gasteiger partial charge in [0, 0.05) is 31.1 Å². The second-order valence-corrected chi connectivity index (χ2v) is 9.01. The lowest BCUT2D eigenvalue weighted by Gasteiger charge is -2.29. The van der Waals surface area contributed by atoms with Crippen LogP contribution in [-0.4, -0.2) is 32.5 Å². The van der Waals surface area contributed by atoms with E-state index in [1.54, 1.807) is 0 Å². The van der Waals surface area contributed by atoms with Crippen molar-refractivity contribution in [2.75, 3.05) is 6.54 Å². The Balaban J connectivity index is 1.65. The molecule has 162 valence electrons. The maximum atomic E-state index is 13.3. The molecule has 4 rings (SSSR count). The second kappa shape index (κ2) is 9.27. The summed E-state index contributed by atoms with van der Waals surface area (Å²) in [6.45, 7) is 6.92. The first kappa shape index (κ1) is 21.0. The van der Waals surface area contributed by atoms with Crippen molar-refractivity contribution in [3.63, 3.8) is 0 Å². The molecule has 3 heterocycles. The van der Waals surface area contributed by atoms with Gasteiger partial charge in [0.25, 0.3) is 0 Å². The Morgan fingerprint density at radius 3 is 2.67 bits per heavy atom. The topological polar surface area (TPSA) is 72.1 Å². The van der Waals surface area contributed by atoms with Gasteiger partial charge in [-0.2, -0.15) is 0 Å². The van der Waals surface area contributed by atoms with E-state index in [2.05, 4.69) is 22.0 Å². The Kier molecular flexibility index (Phi) is 6.49. The second-order valence-electron chi connectivity index (χ2n) is 9.01. The molecule has 0 spiro atoms. The van der Waals surface area contributed by atoms with Gasteiger partial charge >= 0.3 is 0 Å². The van der Waals surface area contributed by atoms with Crippen LogP contribution in [-0.2, 0) is 11.2 Å². The molecule has 0 radical (unpaired) electrons. The van der Waals surface area contributed by atoms with E-state index in [-0.39, 0.29) is 11.9 Å². The summed E-state index contributed by atoms with van der Waals surface area (Å²) in [6, 6.07) is -0.000460. The largest absolute Gasteiger partial charge is 0.356 e. The van der Waals surface area contributed by atoms with Crippen LogP contribution in [0.5, 0.6) is 0 Å². The Labute approximate surface area is 179 Å². The minimum absolute atomic E-state index is 0.000460. The number of rotatable bonds is 6. The molecule has 2 aliphatic rings. The molecule has 2 fully saturated rings. The molecule has 30 heavy (non-hydrogen) atoms. The Morgan fingerprint density at radius 2 is 1.97 bits per heavy atom. The van der Waals surface area contributed by atoms with Crippen LogP contribution >= 0.6 is 0 Å². The molecule has 0 N–H and O–H groups in total. The van der Waals surface area contributed by atoms with E-state index in [1.165, 1.54) is 32.1 Å². The maximum absolute atomic E-state index is 13.3. The molecule has 0 unspecified atom stereocenters. The fourth-order valence-electron chi connectivity index (χ4n) is 4.98. The predicted octanol–water partition coefficient (Wildman–Crippen LogP) is 5.33. The van der Waals surface area contributed by atoms with Crippen molar-refractivity contribution < 1.29 is 9.32 Å². The number of nitrogens with zero attached hydrogens (tertiary/aromatic N) is 4. The number of aromatic nitrogens is 3. The normalized spacial score (nSPS) is 20.1. The van der Waals surface area contributed by atoms with Gasteiger partial charge in [-0.25, -0.2) is 9.97 Å². The number of carbonyl (C=O) groups is 1. The molecule has 0 aromatic carbocycles. The Morgan fingerprint density at radius 1 is 1.17 bits per heavy atom. The lowest BCUT2D eigenvalue weighted by molar-refractivity contribution is -0.133. The van der Waals surface area contributed by atoms with E-state index in [0.717, 1.165) is 66.3 Å². The van der Waals surface area contributed by atoms with Crippen LogP contribution < -0.4 is 0 Å². The minimum Gasteiger partial charge on any atom is -0.356 e. The number of carbonyl (C=O) groups excluding carboxylic acids is 1. The van der Waals surface area contributed by atoms with Crippen molar-refractivity contribution in [2.45, 2.75) is 91.0 Å². The summed E-state index contributed by atoms with van der Waals surface area (Å²) in [5.74, 6) is 2.41. The molecule has 6 heteroatoms. The monoisotopic (exact) mass is 410 g/mol. The van der Waals surface area contributed by atoms with Crippen LogP contribution in [0.1, 0.15) is 93.5 Å². The average Bonchev–Trinajstić information content (AvgIpc) is 3.37. The smallest absolute Gasteiger partial charge is 0.223 e. The lowest BCUT2D eigenvalue weighted by atomic mass is 9.86. The molecule has 1 amide bonds. The third-order valence-corrected chi connectivity index (χ3v) is 6.82. The quantitative estimate of drug-likeness (QED) is 0.643. The Bertz CT molecular complexity index is 885. The summed E-state index contributed by atoms with van der Waals surface area (Å²) < 4.78 is 5.66. The fraction of sp³-hybridized carbons (Fsp3) is 0.667. The molecule has 1 atom stereocenters. The number of amides is 1. The molecule has 6 nitrogen and oxygen atoms in total. The molecule has 1 aliphatic carbocycles. The van der Waals surface area contributed by atoms with Gasteiger partial charge in [0.15, 0.2) is 5.76 Å². The molecule has 1 aliphatic heterocycles. The van der Waals surface area contributed by atoms with Crippen LogP contribution in [0.4, 0.5) is 0 Å². The van der Waals surface area contributed by atoms with Crippen LogP contribution in [0.15, 0.2) is 10.7 Å². The van der Waals surface area contributed by atoms with Crippen LogP contribution in [0, 0.1) is 19.8 Å². The molecule has 2 aromatic heterocycles. The van der Waals surface area contributed by atoms with Gasteiger partial charge < -0.3 is 9.42 Å². The minimum atomic E-state index is -0.000460. The highest BCUT2D eigenvalue weighted by Crippen LogP contribution is 2.39. The third-order valence-electron chi connectivity index (χ3n) is 6.82. The van der Waals surface area contributed by atoms with E-state index in [1.807, 2.05) is 20.0 Å². The van der Waals surface area contributed by atoms with Crippen molar-refractivity contribution in [2.24, 2.45) is 5.92 Å². The number of aryl methyl sites for hydroxylation is 2. The summed E-state index contributed by atoms with van der Waals surface area (Å²) in [5.41, 5.74) is 3.71. The van der Waals surface area contributed by atoms with Gasteiger partial charge in [-0.05, 0) is 51.9 Å². The standard InChI is InChI=1S/C24H34N4O2/c1-4-9-21-25-15-19(24-16(2)17(3)27-30-24)23(26-21)20-12-8-13-28(20)22(29)14-18-10-6-5-7-11-18/h15,18,20H,4-14H2,1-3H3/t20-/m1/s1. The van der Waals surface area contributed by atoms with Gasteiger partial charge in [0.05, 0.1) is 23.0 Å². The first-order valence-corrected chi connectivity index (χ1v) is 11.7. The van der Waals surface area contributed by atoms with Crippen molar-refractivity contribution >= 4 is 5.91 Å². The van der Waals surface area contributed by atoms with E-state index in [0.29, 0.717) is 12.3 Å². The maximum Gasteiger partial charge on any atom is 0.223 e. The zero-order chi connectivity index (χ0) is 21.1. The highest BCUT2D eigenvalue weighted by molar-refractivity contribution is 5.78. The van der Waals surface area contributed by atoms with E-state index >= 15 is 0 Å². The van der Waals surface area contributed by atoms with Gasteiger partial charge in [-0.3, -0.25) is 4.79 Å². The van der Waals surface area contributed by atoms with Crippen LogP contribution in [0.3, 0.4) is 0 Å². The fourth-order valence-corrected chi connectivity index (χ4v) is 4.98. The van der Waals surface area contributed by atoms with Gasteiger partial charge in [0.2, 0.25) is 5.91 Å². The summed E-state index contributed by atoms with van der Waals surface area (Å²) >= 11 is 0. The number of hydrogen-bond donors (Lipinski definition) is 0. The summed E-state index contributed by atoms with van der Waals surface area (Å²) in [4.78, 5) is 24.9.